The lowest BCUT2D eigenvalue weighted by molar-refractivity contribution is -0.385. The number of aromatic nitrogens is 1. The van der Waals surface area contributed by atoms with Crippen LogP contribution in [0, 0.1) is 24.0 Å². The number of nitro groups is 1. The Labute approximate surface area is 200 Å². The van der Waals surface area contributed by atoms with Gasteiger partial charge in [-0.1, -0.05) is 0 Å². The Bertz CT molecular complexity index is 1380. The lowest BCUT2D eigenvalue weighted by Gasteiger charge is -2.10. The predicted molar refractivity (Wildman–Crippen MR) is 128 cm³/mol. The lowest BCUT2D eigenvalue weighted by Crippen LogP contribution is -2.16. The van der Waals surface area contributed by atoms with E-state index in [1.165, 1.54) is 24.4 Å². The molecule has 10 nitrogen and oxygen atoms in total. The number of aryl methyl sites for hydroxylation is 2. The first-order valence-corrected chi connectivity index (χ1v) is 10.6. The van der Waals surface area contributed by atoms with Gasteiger partial charge in [-0.3, -0.25) is 14.9 Å². The van der Waals surface area contributed by atoms with E-state index in [0.717, 1.165) is 23.1 Å². The van der Waals surface area contributed by atoms with Gasteiger partial charge in [0.15, 0.2) is 11.5 Å². The van der Waals surface area contributed by atoms with Gasteiger partial charge >= 0.3 is 11.6 Å². The summed E-state index contributed by atoms with van der Waals surface area (Å²) in [5.41, 5.74) is 5.49. The average Bonchev–Trinajstić information content (AvgIpc) is 3.45. The third-order valence-corrected chi connectivity index (χ3v) is 5.21. The van der Waals surface area contributed by atoms with Gasteiger partial charge < -0.3 is 18.8 Å². The van der Waals surface area contributed by atoms with Crippen LogP contribution in [0.15, 0.2) is 76.2 Å². The third-order valence-electron chi connectivity index (χ3n) is 5.21. The molecule has 0 aliphatic heterocycles. The molecule has 0 aliphatic rings. The van der Waals surface area contributed by atoms with Gasteiger partial charge in [-0.25, -0.2) is 5.43 Å². The minimum Gasteiger partial charge on any atom is -0.502 e. The summed E-state index contributed by atoms with van der Waals surface area (Å²) in [6.45, 7) is 4.23. The predicted octanol–water partition coefficient (Wildman–Crippen LogP) is 4.64. The molecule has 35 heavy (non-hydrogen) atoms. The summed E-state index contributed by atoms with van der Waals surface area (Å²) in [7, 11) is 0. The van der Waals surface area contributed by atoms with Crippen molar-refractivity contribution in [3.63, 3.8) is 0 Å². The molecule has 0 fully saturated rings. The number of hydrazone groups is 1. The number of furan rings is 1. The number of nitro benzene ring substituents is 1. The van der Waals surface area contributed by atoms with Crippen LogP contribution in [0.1, 0.15) is 33.3 Å². The zero-order chi connectivity index (χ0) is 24.9. The van der Waals surface area contributed by atoms with Crippen LogP contribution in [0.2, 0.25) is 0 Å². The first kappa shape index (κ1) is 23.3. The first-order valence-electron chi connectivity index (χ1n) is 10.6. The van der Waals surface area contributed by atoms with Gasteiger partial charge in [0.25, 0.3) is 0 Å². The van der Waals surface area contributed by atoms with E-state index in [-0.39, 0.29) is 12.4 Å². The highest BCUT2D eigenvalue weighted by molar-refractivity contribution is 5.92. The van der Waals surface area contributed by atoms with Crippen LogP contribution in [0.5, 0.6) is 11.5 Å². The number of carbonyl (C=O) groups is 1. The molecule has 2 N–H and O–H groups in total. The maximum atomic E-state index is 12.2. The third kappa shape index (κ3) is 5.38. The Morgan fingerprint density at radius 1 is 1.11 bits per heavy atom. The minimum atomic E-state index is -0.712. The van der Waals surface area contributed by atoms with Crippen molar-refractivity contribution in [1.29, 1.82) is 0 Å². The summed E-state index contributed by atoms with van der Waals surface area (Å²) in [6, 6.07) is 18.7. The second-order valence-corrected chi connectivity index (χ2v) is 7.70. The molecule has 4 aromatic rings. The number of aromatic hydroxyl groups is 1. The second-order valence-electron chi connectivity index (χ2n) is 7.70. The molecule has 0 saturated heterocycles. The Morgan fingerprint density at radius 3 is 2.51 bits per heavy atom. The fraction of sp³-hybridized carbons (Fsp3) is 0.120. The normalized spacial score (nSPS) is 11.0. The van der Waals surface area contributed by atoms with E-state index in [1.807, 2.05) is 38.1 Å². The fourth-order valence-electron chi connectivity index (χ4n) is 3.49. The molecule has 178 valence electrons. The van der Waals surface area contributed by atoms with Crippen LogP contribution in [0.3, 0.4) is 0 Å². The standard InChI is InChI=1S/C25H22N4O6/c1-16-3-4-17(2)28(16)19-6-8-20(9-7-19)34-15-21-10-12-24(35-21)25(31)27-26-14-18-5-11-23(30)22(13-18)29(32)33/h3-14,30H,15H2,1-2H3,(H,27,31). The van der Waals surface area contributed by atoms with E-state index in [4.69, 9.17) is 9.15 Å². The number of hydrogen-bond donors (Lipinski definition) is 2. The van der Waals surface area contributed by atoms with E-state index in [9.17, 15) is 20.0 Å². The van der Waals surface area contributed by atoms with Crippen LogP contribution < -0.4 is 10.2 Å². The molecule has 2 aromatic heterocycles. The highest BCUT2D eigenvalue weighted by Gasteiger charge is 2.14. The SMILES string of the molecule is Cc1ccc(C)n1-c1ccc(OCc2ccc(C(=O)NN=Cc3ccc(O)c([N+](=O)[O-])c3)o2)cc1. The molecule has 0 spiro atoms. The summed E-state index contributed by atoms with van der Waals surface area (Å²) >= 11 is 0. The van der Waals surface area contributed by atoms with Crippen molar-refractivity contribution < 1.29 is 24.0 Å². The average molecular weight is 474 g/mol. The van der Waals surface area contributed by atoms with E-state index in [2.05, 4.69) is 27.2 Å². The van der Waals surface area contributed by atoms with Gasteiger partial charge in [-0.15, -0.1) is 0 Å². The summed E-state index contributed by atoms with van der Waals surface area (Å²) in [6.07, 6.45) is 1.22. The molecule has 0 bridgehead atoms. The van der Waals surface area contributed by atoms with E-state index in [0.29, 0.717) is 17.1 Å². The van der Waals surface area contributed by atoms with E-state index < -0.39 is 22.3 Å². The number of hydrogen-bond acceptors (Lipinski definition) is 7. The second kappa shape index (κ2) is 9.96. The number of rotatable bonds is 8. The first-order chi connectivity index (χ1) is 16.8. The summed E-state index contributed by atoms with van der Waals surface area (Å²) in [5.74, 6) is 0.0955. The molecule has 10 heteroatoms. The highest BCUT2D eigenvalue weighted by atomic mass is 16.6. The number of nitrogens with one attached hydrogen (secondary N) is 1. The molecule has 0 aliphatic carbocycles. The number of carbonyl (C=O) groups excluding carboxylic acids is 1. The van der Waals surface area contributed by atoms with Gasteiger partial charge in [0.2, 0.25) is 0 Å². The lowest BCUT2D eigenvalue weighted by atomic mass is 10.2. The van der Waals surface area contributed by atoms with Crippen molar-refractivity contribution in [2.24, 2.45) is 5.10 Å². The maximum absolute atomic E-state index is 12.2. The Kier molecular flexibility index (Phi) is 6.63. The van der Waals surface area contributed by atoms with Gasteiger partial charge in [-0.05, 0) is 74.5 Å². The quantitative estimate of drug-likeness (QED) is 0.217. The zero-order valence-electron chi connectivity index (χ0n) is 19.0. The summed E-state index contributed by atoms with van der Waals surface area (Å²) < 4.78 is 13.4. The maximum Gasteiger partial charge on any atom is 0.311 e. The van der Waals surface area contributed by atoms with Crippen LogP contribution in [0.4, 0.5) is 5.69 Å². The number of phenols is 1. The van der Waals surface area contributed by atoms with Gasteiger partial charge in [0.05, 0.1) is 11.1 Å². The number of benzene rings is 2. The van der Waals surface area contributed by atoms with Crippen LogP contribution in [-0.2, 0) is 6.61 Å². The fourth-order valence-corrected chi connectivity index (χ4v) is 3.49. The van der Waals surface area contributed by atoms with Gasteiger partial charge in [0.1, 0.15) is 18.1 Å². The van der Waals surface area contributed by atoms with Crippen LogP contribution in [-0.4, -0.2) is 26.7 Å². The minimum absolute atomic E-state index is 0.0337. The van der Waals surface area contributed by atoms with Crippen LogP contribution >= 0.6 is 0 Å². The number of ether oxygens (including phenoxy) is 1. The number of nitrogens with zero attached hydrogens (tertiary/aromatic N) is 3. The Hall–Kier alpha value is -4.86. The Morgan fingerprint density at radius 2 is 1.83 bits per heavy atom. The molecular formula is C25H22N4O6. The topological polar surface area (TPSA) is 132 Å². The van der Waals surface area contributed by atoms with Crippen molar-refractivity contribution in [3.8, 4) is 17.2 Å². The van der Waals surface area contributed by atoms with E-state index >= 15 is 0 Å². The van der Waals surface area contributed by atoms with E-state index in [1.54, 1.807) is 6.07 Å². The van der Waals surface area contributed by atoms with Crippen molar-refractivity contribution in [2.75, 3.05) is 0 Å². The molecule has 0 atom stereocenters. The Balaban J connectivity index is 1.32. The number of amides is 1. The van der Waals surface area contributed by atoms with Gasteiger partial charge in [-0.2, -0.15) is 5.10 Å². The molecule has 0 radical (unpaired) electrons. The molecule has 2 heterocycles. The zero-order valence-corrected chi connectivity index (χ0v) is 19.0. The molecule has 4 rings (SSSR count). The molecule has 0 saturated carbocycles. The monoisotopic (exact) mass is 474 g/mol. The smallest absolute Gasteiger partial charge is 0.311 e. The molecule has 1 amide bonds. The summed E-state index contributed by atoms with van der Waals surface area (Å²) in [4.78, 5) is 22.4. The molecule has 0 unspecified atom stereocenters. The number of phenolic OH excluding ortho intramolecular Hbond substituents is 1. The van der Waals surface area contributed by atoms with Gasteiger partial charge in [0, 0.05) is 28.7 Å². The van der Waals surface area contributed by atoms with Crippen molar-refractivity contribution >= 4 is 17.8 Å². The van der Waals surface area contributed by atoms with Crippen molar-refractivity contribution in [2.45, 2.75) is 20.5 Å². The highest BCUT2D eigenvalue weighted by Crippen LogP contribution is 2.25. The molecule has 2 aromatic carbocycles. The van der Waals surface area contributed by atoms with Crippen LogP contribution in [0.25, 0.3) is 5.69 Å². The van der Waals surface area contributed by atoms with Crippen molar-refractivity contribution in [3.05, 3.63) is 105 Å². The van der Waals surface area contributed by atoms with Crippen molar-refractivity contribution in [1.82, 2.24) is 9.99 Å². The molecular weight excluding hydrogens is 452 g/mol. The summed E-state index contributed by atoms with van der Waals surface area (Å²) in [5, 5.41) is 24.1. The largest absolute Gasteiger partial charge is 0.502 e.